The smallest absolute Gasteiger partial charge is 0.387 e. The number of carbonyl (C=O) groups is 1. The van der Waals surface area contributed by atoms with Crippen molar-refractivity contribution in [1.29, 1.82) is 0 Å². The van der Waals surface area contributed by atoms with Crippen molar-refractivity contribution in [2.75, 3.05) is 20.3 Å². The number of halogens is 3. The number of benzene rings is 2. The lowest BCUT2D eigenvalue weighted by molar-refractivity contribution is -0.0515. The van der Waals surface area contributed by atoms with Crippen LogP contribution >= 0.6 is 15.9 Å². The van der Waals surface area contributed by atoms with E-state index in [2.05, 4.69) is 26.0 Å². The number of hydrogen-bond acceptors (Lipinski definition) is 4. The zero-order chi connectivity index (χ0) is 18.2. The number of rotatable bonds is 8. The Labute approximate surface area is 152 Å². The lowest BCUT2D eigenvalue weighted by atomic mass is 10.1. The van der Waals surface area contributed by atoms with Gasteiger partial charge in [-0.25, -0.2) is 0 Å². The summed E-state index contributed by atoms with van der Waals surface area (Å²) in [4.78, 5) is 12.2. The molecule has 1 N–H and O–H groups in total. The molecule has 0 bridgehead atoms. The van der Waals surface area contributed by atoms with Gasteiger partial charge in [0, 0.05) is 4.47 Å². The summed E-state index contributed by atoms with van der Waals surface area (Å²) in [5.41, 5.74) is -0.0397. The van der Waals surface area contributed by atoms with Gasteiger partial charge < -0.3 is 19.5 Å². The fourth-order valence-corrected chi connectivity index (χ4v) is 2.43. The molecule has 2 rings (SSSR count). The Bertz CT molecular complexity index is 728. The van der Waals surface area contributed by atoms with Crippen LogP contribution in [0, 0.1) is 0 Å². The van der Waals surface area contributed by atoms with Crippen molar-refractivity contribution < 1.29 is 27.8 Å². The Balaban J connectivity index is 1.96. The average molecular weight is 416 g/mol. The largest absolute Gasteiger partial charge is 0.493 e. The molecule has 0 radical (unpaired) electrons. The average Bonchev–Trinajstić information content (AvgIpc) is 2.58. The van der Waals surface area contributed by atoms with E-state index in [1.165, 1.54) is 25.3 Å². The van der Waals surface area contributed by atoms with Crippen LogP contribution in [0.3, 0.4) is 0 Å². The molecule has 0 spiro atoms. The summed E-state index contributed by atoms with van der Waals surface area (Å²) in [7, 11) is 1.31. The van der Waals surface area contributed by atoms with Gasteiger partial charge in [0.25, 0.3) is 5.91 Å². The number of alkyl halides is 2. The zero-order valence-corrected chi connectivity index (χ0v) is 14.9. The molecule has 8 heteroatoms. The summed E-state index contributed by atoms with van der Waals surface area (Å²) in [6, 6.07) is 11.6. The second kappa shape index (κ2) is 9.22. The van der Waals surface area contributed by atoms with E-state index in [9.17, 15) is 13.6 Å². The summed E-state index contributed by atoms with van der Waals surface area (Å²) in [5.74, 6) is -0.164. The minimum atomic E-state index is -3.07. The molecule has 0 saturated carbocycles. The highest BCUT2D eigenvalue weighted by Gasteiger charge is 2.20. The normalized spacial score (nSPS) is 10.4. The Morgan fingerprint density at radius 2 is 2.00 bits per heavy atom. The van der Waals surface area contributed by atoms with E-state index in [-0.39, 0.29) is 30.2 Å². The third-order valence-corrected chi connectivity index (χ3v) is 3.60. The van der Waals surface area contributed by atoms with Gasteiger partial charge in [0.2, 0.25) is 0 Å². The van der Waals surface area contributed by atoms with E-state index in [4.69, 9.17) is 9.47 Å². The summed E-state index contributed by atoms with van der Waals surface area (Å²) in [5, 5.41) is 2.59. The standard InChI is InChI=1S/C17H16BrF2NO4/c1-23-14-7-3-6-13(15(14)25-17(19)20)16(22)21-8-9-24-12-5-2-4-11(18)10-12/h2-7,10,17H,8-9H2,1H3,(H,21,22). The van der Waals surface area contributed by atoms with E-state index in [0.29, 0.717) is 5.75 Å². The first kappa shape index (κ1) is 19.0. The molecule has 0 aliphatic carbocycles. The molecule has 0 saturated heterocycles. The van der Waals surface area contributed by atoms with Crippen molar-refractivity contribution >= 4 is 21.8 Å². The number of para-hydroxylation sites is 1. The lowest BCUT2D eigenvalue weighted by Crippen LogP contribution is -2.28. The van der Waals surface area contributed by atoms with Gasteiger partial charge in [-0.2, -0.15) is 8.78 Å². The van der Waals surface area contributed by atoms with Crippen LogP contribution in [-0.4, -0.2) is 32.8 Å². The predicted octanol–water partition coefficient (Wildman–Crippen LogP) is 3.87. The van der Waals surface area contributed by atoms with Crippen molar-refractivity contribution in [2.45, 2.75) is 6.61 Å². The van der Waals surface area contributed by atoms with Gasteiger partial charge in [0.05, 0.1) is 19.2 Å². The van der Waals surface area contributed by atoms with Gasteiger partial charge in [-0.15, -0.1) is 0 Å². The van der Waals surface area contributed by atoms with Crippen LogP contribution in [0.25, 0.3) is 0 Å². The van der Waals surface area contributed by atoms with Crippen molar-refractivity contribution in [1.82, 2.24) is 5.32 Å². The molecule has 0 aliphatic rings. The van der Waals surface area contributed by atoms with Gasteiger partial charge in [-0.3, -0.25) is 4.79 Å². The second-order valence-electron chi connectivity index (χ2n) is 4.78. The van der Waals surface area contributed by atoms with E-state index >= 15 is 0 Å². The highest BCUT2D eigenvalue weighted by atomic mass is 79.9. The van der Waals surface area contributed by atoms with E-state index in [1.807, 2.05) is 12.1 Å². The molecular formula is C17H16BrF2NO4. The minimum absolute atomic E-state index is 0.0397. The summed E-state index contributed by atoms with van der Waals surface area (Å²) >= 11 is 3.33. The highest BCUT2D eigenvalue weighted by molar-refractivity contribution is 9.10. The number of amides is 1. The molecule has 25 heavy (non-hydrogen) atoms. The van der Waals surface area contributed by atoms with Crippen molar-refractivity contribution in [3.63, 3.8) is 0 Å². The van der Waals surface area contributed by atoms with Crippen LogP contribution in [0.4, 0.5) is 8.78 Å². The number of carbonyl (C=O) groups excluding carboxylic acids is 1. The van der Waals surface area contributed by atoms with E-state index < -0.39 is 12.5 Å². The first-order valence-corrected chi connectivity index (χ1v) is 8.09. The topological polar surface area (TPSA) is 56.8 Å². The van der Waals surface area contributed by atoms with Crippen molar-refractivity contribution in [3.05, 3.63) is 52.5 Å². The molecule has 5 nitrogen and oxygen atoms in total. The van der Waals surface area contributed by atoms with Crippen molar-refractivity contribution in [2.24, 2.45) is 0 Å². The molecule has 0 aromatic heterocycles. The molecule has 134 valence electrons. The Morgan fingerprint density at radius 1 is 1.24 bits per heavy atom. The van der Waals surface area contributed by atoms with E-state index in [0.717, 1.165) is 4.47 Å². The van der Waals surface area contributed by atoms with Gasteiger partial charge in [-0.05, 0) is 30.3 Å². The predicted molar refractivity (Wildman–Crippen MR) is 91.6 cm³/mol. The first-order chi connectivity index (χ1) is 12.0. The Kier molecular flexibility index (Phi) is 7.00. The third kappa shape index (κ3) is 5.60. The monoisotopic (exact) mass is 415 g/mol. The molecule has 1 amide bonds. The number of nitrogens with one attached hydrogen (secondary N) is 1. The van der Waals surface area contributed by atoms with Gasteiger partial charge in [-0.1, -0.05) is 28.1 Å². The molecule has 2 aromatic rings. The third-order valence-electron chi connectivity index (χ3n) is 3.10. The number of ether oxygens (including phenoxy) is 3. The van der Waals surface area contributed by atoms with Crippen LogP contribution in [0.15, 0.2) is 46.9 Å². The van der Waals surface area contributed by atoms with Gasteiger partial charge >= 0.3 is 6.61 Å². The lowest BCUT2D eigenvalue weighted by Gasteiger charge is -2.14. The quantitative estimate of drug-likeness (QED) is 0.664. The maximum absolute atomic E-state index is 12.6. The molecular weight excluding hydrogens is 400 g/mol. The SMILES string of the molecule is COc1cccc(C(=O)NCCOc2cccc(Br)c2)c1OC(F)F. The molecule has 0 fully saturated rings. The summed E-state index contributed by atoms with van der Waals surface area (Å²) in [6.45, 7) is -2.66. The molecule has 0 aliphatic heterocycles. The molecule has 0 heterocycles. The van der Waals surface area contributed by atoms with Crippen LogP contribution in [0.5, 0.6) is 17.2 Å². The minimum Gasteiger partial charge on any atom is -0.493 e. The fraction of sp³-hybridized carbons (Fsp3) is 0.235. The Hall–Kier alpha value is -2.35. The van der Waals surface area contributed by atoms with Gasteiger partial charge in [0.1, 0.15) is 12.4 Å². The van der Waals surface area contributed by atoms with Crippen LogP contribution in [-0.2, 0) is 0 Å². The zero-order valence-electron chi connectivity index (χ0n) is 13.3. The maximum Gasteiger partial charge on any atom is 0.387 e. The van der Waals surface area contributed by atoms with Crippen LogP contribution in [0.2, 0.25) is 0 Å². The van der Waals surface area contributed by atoms with E-state index in [1.54, 1.807) is 12.1 Å². The van der Waals surface area contributed by atoms with Crippen LogP contribution < -0.4 is 19.5 Å². The number of methoxy groups -OCH3 is 1. The summed E-state index contributed by atoms with van der Waals surface area (Å²) in [6.07, 6.45) is 0. The van der Waals surface area contributed by atoms with Crippen molar-refractivity contribution in [3.8, 4) is 17.2 Å². The summed E-state index contributed by atoms with van der Waals surface area (Å²) < 4.78 is 40.9. The Morgan fingerprint density at radius 3 is 2.68 bits per heavy atom. The molecule has 0 unspecified atom stereocenters. The van der Waals surface area contributed by atoms with Crippen LogP contribution in [0.1, 0.15) is 10.4 Å². The fourth-order valence-electron chi connectivity index (χ4n) is 2.05. The van der Waals surface area contributed by atoms with Gasteiger partial charge in [0.15, 0.2) is 11.5 Å². The molecule has 0 atom stereocenters. The first-order valence-electron chi connectivity index (χ1n) is 7.29. The second-order valence-corrected chi connectivity index (χ2v) is 5.69. The number of hydrogen-bond donors (Lipinski definition) is 1. The maximum atomic E-state index is 12.6. The molecule has 2 aromatic carbocycles. The highest BCUT2D eigenvalue weighted by Crippen LogP contribution is 2.32.